The fourth-order valence-corrected chi connectivity index (χ4v) is 2.65. The van der Waals surface area contributed by atoms with Gasteiger partial charge in [-0.2, -0.15) is 0 Å². The molecule has 0 aliphatic rings. The highest BCUT2D eigenvalue weighted by Gasteiger charge is 2.09. The zero-order chi connectivity index (χ0) is 16.8. The highest BCUT2D eigenvalue weighted by molar-refractivity contribution is 9.10. The Balaban J connectivity index is 2.13. The summed E-state index contributed by atoms with van der Waals surface area (Å²) in [4.78, 5) is 12.0. The first kappa shape index (κ1) is 17.4. The van der Waals surface area contributed by atoms with Crippen molar-refractivity contribution in [1.82, 2.24) is 0 Å². The molecule has 4 nitrogen and oxygen atoms in total. The van der Waals surface area contributed by atoms with Crippen LogP contribution in [0, 0.1) is 0 Å². The maximum Gasteiger partial charge on any atom is 0.248 e. The first-order valence-electron chi connectivity index (χ1n) is 6.69. The molecular weight excluding hydrogens is 382 g/mol. The molecule has 0 radical (unpaired) electrons. The Morgan fingerprint density at radius 2 is 2.00 bits per heavy atom. The van der Waals surface area contributed by atoms with E-state index in [1.54, 1.807) is 18.2 Å². The van der Waals surface area contributed by atoms with Crippen LogP contribution >= 0.6 is 27.5 Å². The zero-order valence-electron chi connectivity index (χ0n) is 12.6. The molecule has 1 amide bonds. The van der Waals surface area contributed by atoms with Gasteiger partial charge in [0.05, 0.1) is 19.2 Å². The third kappa shape index (κ3) is 4.74. The van der Waals surface area contributed by atoms with E-state index >= 15 is 0 Å². The molecule has 0 fully saturated rings. The van der Waals surface area contributed by atoms with Gasteiger partial charge in [-0.3, -0.25) is 4.79 Å². The number of benzene rings is 2. The van der Waals surface area contributed by atoms with Gasteiger partial charge in [0, 0.05) is 16.2 Å². The molecule has 0 spiro atoms. The van der Waals surface area contributed by atoms with E-state index < -0.39 is 0 Å². The summed E-state index contributed by atoms with van der Waals surface area (Å²) in [6.45, 7) is 0. The van der Waals surface area contributed by atoms with Crippen LogP contribution in [-0.2, 0) is 4.79 Å². The number of nitrogens with one attached hydrogen (secondary N) is 1. The van der Waals surface area contributed by atoms with Crippen molar-refractivity contribution in [2.24, 2.45) is 0 Å². The van der Waals surface area contributed by atoms with Crippen LogP contribution in [-0.4, -0.2) is 20.1 Å². The first-order valence-corrected chi connectivity index (χ1v) is 7.86. The number of rotatable bonds is 5. The summed E-state index contributed by atoms with van der Waals surface area (Å²) >= 11 is 9.49. The Kier molecular flexibility index (Phi) is 6.07. The summed E-state index contributed by atoms with van der Waals surface area (Å²) in [6.07, 6.45) is 3.08. The SMILES string of the molecule is COc1cc(/C=C/C(=O)Nc2cccc(Br)c2)cc(Cl)c1OC. The lowest BCUT2D eigenvalue weighted by Crippen LogP contribution is -2.07. The standard InChI is InChI=1S/C17H15BrClNO3/c1-22-15-9-11(8-14(19)17(15)23-2)6-7-16(21)20-13-5-3-4-12(18)10-13/h3-10H,1-2H3,(H,20,21)/b7-6+. The minimum Gasteiger partial charge on any atom is -0.493 e. The van der Waals surface area contributed by atoms with E-state index in [2.05, 4.69) is 21.2 Å². The average Bonchev–Trinajstić information content (AvgIpc) is 2.52. The molecule has 1 N–H and O–H groups in total. The Labute approximate surface area is 148 Å². The van der Waals surface area contributed by atoms with E-state index in [-0.39, 0.29) is 5.91 Å². The maximum absolute atomic E-state index is 12.0. The molecule has 0 aliphatic carbocycles. The molecule has 0 unspecified atom stereocenters. The van der Waals surface area contributed by atoms with Crippen molar-refractivity contribution in [3.05, 3.63) is 57.5 Å². The van der Waals surface area contributed by atoms with Gasteiger partial charge in [0.1, 0.15) is 0 Å². The third-order valence-corrected chi connectivity index (χ3v) is 3.75. The fraction of sp³-hybridized carbons (Fsp3) is 0.118. The number of methoxy groups -OCH3 is 2. The van der Waals surface area contributed by atoms with Crippen molar-refractivity contribution in [3.63, 3.8) is 0 Å². The molecular formula is C17H15BrClNO3. The Morgan fingerprint density at radius 1 is 1.22 bits per heavy atom. The normalized spacial score (nSPS) is 10.6. The lowest BCUT2D eigenvalue weighted by Gasteiger charge is -2.10. The summed E-state index contributed by atoms with van der Waals surface area (Å²) in [7, 11) is 3.05. The van der Waals surface area contributed by atoms with Gasteiger partial charge in [0.2, 0.25) is 5.91 Å². The van der Waals surface area contributed by atoms with E-state index in [9.17, 15) is 4.79 Å². The summed E-state index contributed by atoms with van der Waals surface area (Å²) in [5.41, 5.74) is 1.44. The quantitative estimate of drug-likeness (QED) is 0.741. The lowest BCUT2D eigenvalue weighted by molar-refractivity contribution is -0.111. The van der Waals surface area contributed by atoms with Crippen molar-refractivity contribution in [3.8, 4) is 11.5 Å². The molecule has 23 heavy (non-hydrogen) atoms. The fourth-order valence-electron chi connectivity index (χ4n) is 1.96. The highest BCUT2D eigenvalue weighted by atomic mass is 79.9. The lowest BCUT2D eigenvalue weighted by atomic mass is 10.2. The topological polar surface area (TPSA) is 47.6 Å². The van der Waals surface area contributed by atoms with E-state index in [1.807, 2.05) is 24.3 Å². The maximum atomic E-state index is 12.0. The van der Waals surface area contributed by atoms with Gasteiger partial charge in [-0.25, -0.2) is 0 Å². The number of carbonyl (C=O) groups is 1. The van der Waals surface area contributed by atoms with Gasteiger partial charge < -0.3 is 14.8 Å². The van der Waals surface area contributed by atoms with E-state index in [0.29, 0.717) is 22.2 Å². The number of hydrogen-bond acceptors (Lipinski definition) is 3. The molecule has 0 saturated heterocycles. The van der Waals surface area contributed by atoms with Crippen molar-refractivity contribution in [1.29, 1.82) is 0 Å². The van der Waals surface area contributed by atoms with E-state index in [0.717, 1.165) is 10.0 Å². The molecule has 0 saturated carbocycles. The number of halogens is 2. The molecule has 2 aromatic rings. The summed E-state index contributed by atoms with van der Waals surface area (Å²) < 4.78 is 11.3. The molecule has 6 heteroatoms. The van der Waals surface area contributed by atoms with Crippen molar-refractivity contribution < 1.29 is 14.3 Å². The number of hydrogen-bond donors (Lipinski definition) is 1. The van der Waals surface area contributed by atoms with Gasteiger partial charge in [0.15, 0.2) is 11.5 Å². The molecule has 0 aromatic heterocycles. The molecule has 0 heterocycles. The second-order valence-electron chi connectivity index (χ2n) is 4.57. The monoisotopic (exact) mass is 395 g/mol. The summed E-state index contributed by atoms with van der Waals surface area (Å²) in [5.74, 6) is 0.728. The number of anilines is 1. The summed E-state index contributed by atoms with van der Waals surface area (Å²) in [6, 6.07) is 10.8. The number of carbonyl (C=O) groups excluding carboxylic acids is 1. The van der Waals surface area contributed by atoms with Crippen molar-refractivity contribution in [2.75, 3.05) is 19.5 Å². The minimum atomic E-state index is -0.242. The zero-order valence-corrected chi connectivity index (χ0v) is 14.9. The van der Waals surface area contributed by atoms with E-state index in [1.165, 1.54) is 20.3 Å². The molecule has 0 bridgehead atoms. The van der Waals surface area contributed by atoms with Crippen LogP contribution in [0.25, 0.3) is 6.08 Å². The highest BCUT2D eigenvalue weighted by Crippen LogP contribution is 2.36. The molecule has 2 rings (SSSR count). The Morgan fingerprint density at radius 3 is 2.65 bits per heavy atom. The smallest absolute Gasteiger partial charge is 0.248 e. The van der Waals surface area contributed by atoms with Gasteiger partial charge in [0.25, 0.3) is 0 Å². The van der Waals surface area contributed by atoms with Crippen LogP contribution in [0.2, 0.25) is 5.02 Å². The molecule has 0 atom stereocenters. The minimum absolute atomic E-state index is 0.242. The Bertz CT molecular complexity index is 747. The second kappa shape index (κ2) is 8.04. The van der Waals surface area contributed by atoms with Gasteiger partial charge in [-0.05, 0) is 42.0 Å². The molecule has 0 aliphatic heterocycles. The predicted octanol–water partition coefficient (Wildman–Crippen LogP) is 4.77. The number of amides is 1. The van der Waals surface area contributed by atoms with E-state index in [4.69, 9.17) is 21.1 Å². The first-order chi connectivity index (χ1) is 11.0. The molecule has 2 aromatic carbocycles. The van der Waals surface area contributed by atoms with Gasteiger partial charge in [-0.15, -0.1) is 0 Å². The van der Waals surface area contributed by atoms with Gasteiger partial charge >= 0.3 is 0 Å². The number of ether oxygens (including phenoxy) is 2. The van der Waals surface area contributed by atoms with Gasteiger partial charge in [-0.1, -0.05) is 33.6 Å². The van der Waals surface area contributed by atoms with Crippen molar-refractivity contribution in [2.45, 2.75) is 0 Å². The largest absolute Gasteiger partial charge is 0.493 e. The second-order valence-corrected chi connectivity index (χ2v) is 5.89. The van der Waals surface area contributed by atoms with Crippen LogP contribution in [0.15, 0.2) is 46.9 Å². The van der Waals surface area contributed by atoms with Crippen LogP contribution in [0.3, 0.4) is 0 Å². The van der Waals surface area contributed by atoms with Crippen LogP contribution in [0.1, 0.15) is 5.56 Å². The average molecular weight is 397 g/mol. The summed E-state index contributed by atoms with van der Waals surface area (Å²) in [5, 5.41) is 3.19. The third-order valence-electron chi connectivity index (χ3n) is 2.98. The van der Waals surface area contributed by atoms with Crippen LogP contribution in [0.5, 0.6) is 11.5 Å². The van der Waals surface area contributed by atoms with Crippen LogP contribution in [0.4, 0.5) is 5.69 Å². The van der Waals surface area contributed by atoms with Crippen LogP contribution < -0.4 is 14.8 Å². The Hall–Kier alpha value is -1.98. The van der Waals surface area contributed by atoms with Crippen molar-refractivity contribution >= 4 is 45.2 Å². The molecule has 120 valence electrons. The predicted molar refractivity (Wildman–Crippen MR) is 96.4 cm³/mol.